The number of rotatable bonds is 7. The van der Waals surface area contributed by atoms with Crippen LogP contribution < -0.4 is 21.2 Å². The van der Waals surface area contributed by atoms with Gasteiger partial charge in [-0.2, -0.15) is 0 Å². The lowest BCUT2D eigenvalue weighted by molar-refractivity contribution is 1.42. The van der Waals surface area contributed by atoms with Crippen LogP contribution >= 0.6 is 31.7 Å². The van der Waals surface area contributed by atoms with E-state index in [4.69, 9.17) is 0 Å². The Hall–Kier alpha value is 0.160. The quantitative estimate of drug-likeness (QED) is 0.510. The van der Waals surface area contributed by atoms with Crippen molar-refractivity contribution >= 4 is 52.9 Å². The Bertz CT molecular complexity index is 702. The zero-order valence-electron chi connectivity index (χ0n) is 17.7. The van der Waals surface area contributed by atoms with Gasteiger partial charge in [0, 0.05) is 0 Å². The maximum Gasteiger partial charge on any atom is -0.00297 e. The molecular formula is C22H34P4. The SMILES string of the molecule is CCP(CC)c1cccc(-c2c(P(C)C)cc(P(C)C)cc2P(C)C)c1. The fraction of sp³-hybridized carbons (Fsp3) is 0.455. The average Bonchev–Trinajstić information content (AvgIpc) is 2.61. The van der Waals surface area contributed by atoms with E-state index in [0.29, 0.717) is 0 Å². The minimum Gasteiger partial charge on any atom is -0.0816 e. The molecule has 0 bridgehead atoms. The highest BCUT2D eigenvalue weighted by Crippen LogP contribution is 2.39. The Morgan fingerprint density at radius 3 is 1.62 bits per heavy atom. The summed E-state index contributed by atoms with van der Waals surface area (Å²) in [5.41, 5.74) is 3.01. The van der Waals surface area contributed by atoms with E-state index in [-0.39, 0.29) is 31.7 Å². The summed E-state index contributed by atoms with van der Waals surface area (Å²) in [6, 6.07) is 14.6. The third-order valence-corrected chi connectivity index (χ3v) is 11.3. The molecule has 0 aliphatic heterocycles. The molecule has 0 nitrogen and oxygen atoms in total. The van der Waals surface area contributed by atoms with Crippen LogP contribution in [0.2, 0.25) is 0 Å². The smallest absolute Gasteiger partial charge is 0.00297 e. The van der Waals surface area contributed by atoms with E-state index in [1.54, 1.807) is 26.8 Å². The molecule has 0 saturated heterocycles. The van der Waals surface area contributed by atoms with Crippen LogP contribution in [0.1, 0.15) is 13.8 Å². The van der Waals surface area contributed by atoms with Gasteiger partial charge < -0.3 is 0 Å². The second-order valence-corrected chi connectivity index (χ2v) is 17.0. The van der Waals surface area contributed by atoms with E-state index in [1.165, 1.54) is 17.9 Å². The summed E-state index contributed by atoms with van der Waals surface area (Å²) in [6.45, 7) is 19.1. The summed E-state index contributed by atoms with van der Waals surface area (Å²) in [4.78, 5) is 0. The van der Waals surface area contributed by atoms with Crippen molar-refractivity contribution in [3.8, 4) is 11.1 Å². The molecule has 2 aromatic rings. The molecule has 0 spiro atoms. The molecule has 142 valence electrons. The number of hydrogen-bond acceptors (Lipinski definition) is 0. The highest BCUT2D eigenvalue weighted by atomic mass is 31.1. The summed E-state index contributed by atoms with van der Waals surface area (Å²) >= 11 is 0. The molecule has 0 heterocycles. The van der Waals surface area contributed by atoms with E-state index in [1.807, 2.05) is 0 Å². The second-order valence-electron chi connectivity index (χ2n) is 7.26. The van der Waals surface area contributed by atoms with Crippen molar-refractivity contribution in [1.82, 2.24) is 0 Å². The summed E-state index contributed by atoms with van der Waals surface area (Å²) in [5.74, 6) is 0. The summed E-state index contributed by atoms with van der Waals surface area (Å²) < 4.78 is 0. The van der Waals surface area contributed by atoms with Crippen LogP contribution in [0, 0.1) is 0 Å². The van der Waals surface area contributed by atoms with Gasteiger partial charge in [-0.15, -0.1) is 0 Å². The first kappa shape index (κ1) is 22.4. The minimum absolute atomic E-state index is 0.0106. The molecule has 2 rings (SSSR count). The lowest BCUT2D eigenvalue weighted by Crippen LogP contribution is -2.23. The van der Waals surface area contributed by atoms with Gasteiger partial charge in [0.1, 0.15) is 0 Å². The molecule has 0 unspecified atom stereocenters. The van der Waals surface area contributed by atoms with E-state index >= 15 is 0 Å². The first-order valence-electron chi connectivity index (χ1n) is 9.35. The van der Waals surface area contributed by atoms with Gasteiger partial charge in [-0.3, -0.25) is 0 Å². The minimum atomic E-state index is -0.128. The largest absolute Gasteiger partial charge is 0.0816 e. The Morgan fingerprint density at radius 2 is 1.19 bits per heavy atom. The average molecular weight is 422 g/mol. The molecule has 0 aromatic heterocycles. The zero-order chi connectivity index (χ0) is 19.4. The van der Waals surface area contributed by atoms with E-state index < -0.39 is 0 Å². The van der Waals surface area contributed by atoms with E-state index in [9.17, 15) is 0 Å². The van der Waals surface area contributed by atoms with Gasteiger partial charge in [0.05, 0.1) is 0 Å². The van der Waals surface area contributed by atoms with E-state index in [0.717, 1.165) is 0 Å². The monoisotopic (exact) mass is 422 g/mol. The highest BCUT2D eigenvalue weighted by Gasteiger charge is 2.19. The molecule has 4 heteroatoms. The van der Waals surface area contributed by atoms with Gasteiger partial charge in [0.2, 0.25) is 0 Å². The molecule has 0 amide bonds. The third-order valence-electron chi connectivity index (χ3n) is 4.82. The van der Waals surface area contributed by atoms with E-state index in [2.05, 4.69) is 90.2 Å². The Balaban J connectivity index is 2.73. The normalized spacial score (nSPS) is 12.0. The molecule has 0 atom stereocenters. The second kappa shape index (κ2) is 10.1. The molecule has 0 aliphatic rings. The van der Waals surface area contributed by atoms with Crippen molar-refractivity contribution in [1.29, 1.82) is 0 Å². The van der Waals surface area contributed by atoms with Gasteiger partial charge >= 0.3 is 0 Å². The molecule has 0 N–H and O–H groups in total. The van der Waals surface area contributed by atoms with Crippen molar-refractivity contribution in [2.45, 2.75) is 13.8 Å². The molecule has 0 radical (unpaired) electrons. The summed E-state index contributed by atoms with van der Waals surface area (Å²) in [6.07, 6.45) is 2.57. The fourth-order valence-electron chi connectivity index (χ4n) is 3.30. The third kappa shape index (κ3) is 5.15. The topological polar surface area (TPSA) is 0 Å². The van der Waals surface area contributed by atoms with Crippen molar-refractivity contribution in [2.24, 2.45) is 0 Å². The number of hydrogen-bond donors (Lipinski definition) is 0. The molecule has 0 aliphatic carbocycles. The molecule has 2 aromatic carbocycles. The highest BCUT2D eigenvalue weighted by molar-refractivity contribution is 7.67. The van der Waals surface area contributed by atoms with Crippen LogP contribution in [0.5, 0.6) is 0 Å². The standard InChI is InChI=1S/C22H34P4/c1-9-26(10-2)18-13-11-12-17(14-18)22-20(24(5)6)15-19(23(3)4)16-21(22)25(7)8/h11-16H,9-10H2,1-8H3. The summed E-state index contributed by atoms with van der Waals surface area (Å²) in [7, 11) is -0.323. The molecule has 26 heavy (non-hydrogen) atoms. The Labute approximate surface area is 166 Å². The zero-order valence-corrected chi connectivity index (χ0v) is 21.2. The van der Waals surface area contributed by atoms with Crippen molar-refractivity contribution < 1.29 is 0 Å². The van der Waals surface area contributed by atoms with Crippen LogP contribution in [0.3, 0.4) is 0 Å². The Kier molecular flexibility index (Phi) is 8.71. The van der Waals surface area contributed by atoms with Gasteiger partial charge in [0.25, 0.3) is 0 Å². The van der Waals surface area contributed by atoms with Crippen molar-refractivity contribution in [2.75, 3.05) is 52.3 Å². The molecular weight excluding hydrogens is 388 g/mol. The first-order valence-corrected chi connectivity index (χ1v) is 17.8. The van der Waals surface area contributed by atoms with Crippen LogP contribution in [-0.4, -0.2) is 52.3 Å². The van der Waals surface area contributed by atoms with Gasteiger partial charge in [0.15, 0.2) is 0 Å². The maximum atomic E-state index is 2.53. The van der Waals surface area contributed by atoms with Gasteiger partial charge in [-0.05, 0) is 103 Å². The predicted octanol–water partition coefficient (Wildman–Crippen LogP) is 5.60. The van der Waals surface area contributed by atoms with Gasteiger partial charge in [-0.25, -0.2) is 0 Å². The van der Waals surface area contributed by atoms with Crippen LogP contribution in [0.25, 0.3) is 11.1 Å². The van der Waals surface area contributed by atoms with Crippen LogP contribution in [-0.2, 0) is 0 Å². The first-order chi connectivity index (χ1) is 12.3. The van der Waals surface area contributed by atoms with Crippen molar-refractivity contribution in [3.63, 3.8) is 0 Å². The predicted molar refractivity (Wildman–Crippen MR) is 135 cm³/mol. The van der Waals surface area contributed by atoms with Crippen molar-refractivity contribution in [3.05, 3.63) is 36.4 Å². The van der Waals surface area contributed by atoms with Gasteiger partial charge in [-0.1, -0.05) is 63.7 Å². The number of benzene rings is 2. The van der Waals surface area contributed by atoms with Crippen LogP contribution in [0.4, 0.5) is 0 Å². The maximum absolute atomic E-state index is 2.53. The lowest BCUT2D eigenvalue weighted by atomic mass is 10.1. The Morgan fingerprint density at radius 1 is 0.654 bits per heavy atom. The molecule has 0 saturated carbocycles. The molecule has 0 fully saturated rings. The fourth-order valence-corrected chi connectivity index (χ4v) is 8.35. The lowest BCUT2D eigenvalue weighted by Gasteiger charge is -2.24. The summed E-state index contributed by atoms with van der Waals surface area (Å²) in [5, 5.41) is 6.36. The van der Waals surface area contributed by atoms with Crippen LogP contribution in [0.15, 0.2) is 36.4 Å².